The molecule has 1 spiro atoms. The zero-order valence-electron chi connectivity index (χ0n) is 16.4. The molecule has 5 nitrogen and oxygen atoms in total. The molecular weight excluding hydrogens is 371 g/mol. The third-order valence-corrected chi connectivity index (χ3v) is 5.83. The quantitative estimate of drug-likeness (QED) is 0.780. The lowest BCUT2D eigenvalue weighted by Gasteiger charge is -2.25. The fourth-order valence-electron chi connectivity index (χ4n) is 4.17. The second kappa shape index (κ2) is 8.23. The highest BCUT2D eigenvalue weighted by Gasteiger charge is 2.46. The maximum absolute atomic E-state index is 13.0. The van der Waals surface area contributed by atoms with E-state index in [1.807, 2.05) is 35.2 Å². The number of likely N-dealkylation sites (tertiary alicyclic amines) is 1. The van der Waals surface area contributed by atoms with Crippen LogP contribution in [0.15, 0.2) is 54.6 Å². The van der Waals surface area contributed by atoms with Crippen molar-refractivity contribution in [3.05, 3.63) is 66.0 Å². The van der Waals surface area contributed by atoms with Gasteiger partial charge in [0.1, 0.15) is 11.4 Å². The fraction of sp³-hybridized carbons (Fsp3) is 0.391. The van der Waals surface area contributed by atoms with Gasteiger partial charge in [0.25, 0.3) is 0 Å². The monoisotopic (exact) mass is 396 g/mol. The van der Waals surface area contributed by atoms with Crippen LogP contribution in [0, 0.1) is 5.82 Å². The number of halogens is 1. The van der Waals surface area contributed by atoms with Crippen LogP contribution in [0.25, 0.3) is 0 Å². The van der Waals surface area contributed by atoms with Crippen molar-refractivity contribution in [3.63, 3.8) is 0 Å². The van der Waals surface area contributed by atoms with E-state index in [9.17, 15) is 14.0 Å². The van der Waals surface area contributed by atoms with Crippen LogP contribution in [0.3, 0.4) is 0 Å². The Morgan fingerprint density at radius 2 is 1.79 bits per heavy atom. The molecule has 6 heteroatoms. The van der Waals surface area contributed by atoms with E-state index in [1.165, 1.54) is 12.1 Å². The largest absolute Gasteiger partial charge is 0.441 e. The molecule has 1 atom stereocenters. The molecule has 2 heterocycles. The van der Waals surface area contributed by atoms with E-state index in [1.54, 1.807) is 17.0 Å². The number of aryl methyl sites for hydroxylation is 1. The van der Waals surface area contributed by atoms with Crippen molar-refractivity contribution in [1.29, 1.82) is 0 Å². The Hall–Kier alpha value is -2.89. The average molecular weight is 396 g/mol. The van der Waals surface area contributed by atoms with E-state index < -0.39 is 5.60 Å². The molecule has 0 aliphatic carbocycles. The normalized spacial score (nSPS) is 21.9. The van der Waals surface area contributed by atoms with Crippen LogP contribution in [0.1, 0.15) is 31.2 Å². The molecule has 2 aliphatic heterocycles. The standard InChI is InChI=1S/C23H25FN2O3/c24-19-10-7-18(8-11-19)9-12-21(27)25-15-4-13-23(14-16-25)17-26(22(28)29-23)20-5-2-1-3-6-20/h1-3,5-8,10-11H,4,9,12-17H2/t23-/m1/s1. The van der Waals surface area contributed by atoms with Gasteiger partial charge in [-0.15, -0.1) is 0 Å². The molecule has 0 aromatic heterocycles. The van der Waals surface area contributed by atoms with Crippen molar-refractivity contribution >= 4 is 17.7 Å². The molecule has 2 aromatic carbocycles. The van der Waals surface area contributed by atoms with Crippen LogP contribution < -0.4 is 4.90 Å². The van der Waals surface area contributed by atoms with Gasteiger partial charge in [-0.3, -0.25) is 9.69 Å². The molecule has 2 saturated heterocycles. The third kappa shape index (κ3) is 4.42. The number of carbonyl (C=O) groups excluding carboxylic acids is 2. The first-order chi connectivity index (χ1) is 14.0. The van der Waals surface area contributed by atoms with Gasteiger partial charge >= 0.3 is 6.09 Å². The van der Waals surface area contributed by atoms with Gasteiger partial charge in [-0.25, -0.2) is 9.18 Å². The lowest BCUT2D eigenvalue weighted by molar-refractivity contribution is -0.131. The van der Waals surface area contributed by atoms with Gasteiger partial charge < -0.3 is 9.64 Å². The van der Waals surface area contributed by atoms with Crippen LogP contribution in [0.5, 0.6) is 0 Å². The van der Waals surface area contributed by atoms with Gasteiger partial charge in [-0.2, -0.15) is 0 Å². The number of nitrogens with zero attached hydrogens (tertiary/aromatic N) is 2. The third-order valence-electron chi connectivity index (χ3n) is 5.83. The van der Waals surface area contributed by atoms with Crippen molar-refractivity contribution in [2.24, 2.45) is 0 Å². The molecule has 0 radical (unpaired) electrons. The molecule has 2 amide bonds. The maximum atomic E-state index is 13.0. The fourth-order valence-corrected chi connectivity index (χ4v) is 4.17. The molecule has 0 saturated carbocycles. The van der Waals surface area contributed by atoms with Gasteiger partial charge in [0.2, 0.25) is 5.91 Å². The van der Waals surface area contributed by atoms with Crippen LogP contribution in [0.2, 0.25) is 0 Å². The number of para-hydroxylation sites is 1. The molecule has 2 fully saturated rings. The number of ether oxygens (including phenoxy) is 1. The van der Waals surface area contributed by atoms with Crippen LogP contribution in [-0.4, -0.2) is 42.1 Å². The summed E-state index contributed by atoms with van der Waals surface area (Å²) in [5.74, 6) is -0.177. The van der Waals surface area contributed by atoms with Crippen LogP contribution in [0.4, 0.5) is 14.9 Å². The van der Waals surface area contributed by atoms with Crippen molar-refractivity contribution < 1.29 is 18.7 Å². The number of hydrogen-bond acceptors (Lipinski definition) is 3. The minimum Gasteiger partial charge on any atom is -0.441 e. The SMILES string of the molecule is O=C(CCc1ccc(F)cc1)N1CCC[C@@]2(CC1)CN(c1ccccc1)C(=O)O2. The molecule has 0 bridgehead atoms. The highest BCUT2D eigenvalue weighted by molar-refractivity contribution is 5.90. The predicted molar refractivity (Wildman–Crippen MR) is 108 cm³/mol. The first kappa shape index (κ1) is 19.4. The Balaban J connectivity index is 1.35. The van der Waals surface area contributed by atoms with Gasteiger partial charge in [0, 0.05) is 31.6 Å². The smallest absolute Gasteiger partial charge is 0.415 e. The number of hydrogen-bond donors (Lipinski definition) is 0. The molecule has 0 N–H and O–H groups in total. The lowest BCUT2D eigenvalue weighted by atomic mass is 9.95. The molecule has 2 aromatic rings. The first-order valence-electron chi connectivity index (χ1n) is 10.1. The minimum absolute atomic E-state index is 0.0932. The predicted octanol–water partition coefficient (Wildman–Crippen LogP) is 4.17. The van der Waals surface area contributed by atoms with Crippen molar-refractivity contribution in [2.75, 3.05) is 24.5 Å². The number of anilines is 1. The molecule has 0 unspecified atom stereocenters. The van der Waals surface area contributed by atoms with Crippen molar-refractivity contribution in [1.82, 2.24) is 4.90 Å². The second-order valence-corrected chi connectivity index (χ2v) is 7.83. The number of carbonyl (C=O) groups is 2. The molecule has 29 heavy (non-hydrogen) atoms. The number of amides is 2. The summed E-state index contributed by atoms with van der Waals surface area (Å²) in [6, 6.07) is 15.8. The molecule has 2 aliphatic rings. The lowest BCUT2D eigenvalue weighted by Crippen LogP contribution is -2.37. The Morgan fingerprint density at radius 1 is 1.03 bits per heavy atom. The summed E-state index contributed by atoms with van der Waals surface area (Å²) in [5.41, 5.74) is 1.26. The Kier molecular flexibility index (Phi) is 5.51. The summed E-state index contributed by atoms with van der Waals surface area (Å²) in [4.78, 5) is 28.7. The first-order valence-corrected chi connectivity index (χ1v) is 10.1. The molecular formula is C23H25FN2O3. The Morgan fingerprint density at radius 3 is 2.55 bits per heavy atom. The topological polar surface area (TPSA) is 49.9 Å². The van der Waals surface area contributed by atoms with E-state index in [-0.39, 0.29) is 17.8 Å². The Labute approximate surface area is 170 Å². The average Bonchev–Trinajstić information content (AvgIpc) is 2.92. The van der Waals surface area contributed by atoms with Gasteiger partial charge in [0.15, 0.2) is 0 Å². The highest BCUT2D eigenvalue weighted by Crippen LogP contribution is 2.35. The highest BCUT2D eigenvalue weighted by atomic mass is 19.1. The van der Waals surface area contributed by atoms with E-state index in [0.29, 0.717) is 38.9 Å². The zero-order chi connectivity index (χ0) is 20.3. The number of rotatable bonds is 4. The number of benzene rings is 2. The molecule has 152 valence electrons. The van der Waals surface area contributed by atoms with Crippen molar-refractivity contribution in [3.8, 4) is 0 Å². The summed E-state index contributed by atoms with van der Waals surface area (Å²) in [6.45, 7) is 1.78. The maximum Gasteiger partial charge on any atom is 0.415 e. The van der Waals surface area contributed by atoms with E-state index in [2.05, 4.69) is 0 Å². The molecule has 4 rings (SSSR count). The second-order valence-electron chi connectivity index (χ2n) is 7.83. The van der Waals surface area contributed by atoms with E-state index in [0.717, 1.165) is 24.1 Å². The summed E-state index contributed by atoms with van der Waals surface area (Å²) >= 11 is 0. The minimum atomic E-state index is -0.529. The summed E-state index contributed by atoms with van der Waals surface area (Å²) in [6.07, 6.45) is 2.88. The van der Waals surface area contributed by atoms with Gasteiger partial charge in [-0.05, 0) is 49.1 Å². The van der Waals surface area contributed by atoms with Gasteiger partial charge in [-0.1, -0.05) is 30.3 Å². The van der Waals surface area contributed by atoms with Crippen LogP contribution >= 0.6 is 0 Å². The van der Waals surface area contributed by atoms with E-state index >= 15 is 0 Å². The Bertz CT molecular complexity index is 871. The van der Waals surface area contributed by atoms with Gasteiger partial charge in [0.05, 0.1) is 6.54 Å². The summed E-state index contributed by atoms with van der Waals surface area (Å²) < 4.78 is 18.8. The zero-order valence-corrected chi connectivity index (χ0v) is 16.4. The van der Waals surface area contributed by atoms with Crippen LogP contribution in [-0.2, 0) is 16.0 Å². The van der Waals surface area contributed by atoms with Crippen molar-refractivity contribution in [2.45, 2.75) is 37.7 Å². The summed E-state index contributed by atoms with van der Waals surface area (Å²) in [5, 5.41) is 0. The summed E-state index contributed by atoms with van der Waals surface area (Å²) in [7, 11) is 0. The van der Waals surface area contributed by atoms with E-state index in [4.69, 9.17) is 4.74 Å².